The summed E-state index contributed by atoms with van der Waals surface area (Å²) in [5, 5.41) is 11.4. The number of carbonyl (C=O) groups excluding carboxylic acids is 1. The third kappa shape index (κ3) is 6.54. The van der Waals surface area contributed by atoms with Crippen molar-refractivity contribution in [2.24, 2.45) is 0 Å². The second kappa shape index (κ2) is 12.2. The van der Waals surface area contributed by atoms with Crippen molar-refractivity contribution < 1.29 is 23.1 Å². The molecule has 0 bridgehead atoms. The van der Waals surface area contributed by atoms with Crippen molar-refractivity contribution in [3.63, 3.8) is 0 Å². The van der Waals surface area contributed by atoms with Crippen LogP contribution in [0, 0.1) is 0 Å². The van der Waals surface area contributed by atoms with Gasteiger partial charge in [-0.1, -0.05) is 77.8 Å². The standard InChI is InChI=1S/C30H32Cl2N2O5S/c31-25-10-11-28(27(32)17-25)40(37,38)34-19-24-9-5-4-8-23(24)16-26(34)20-39-21-29(35)33-14-12-30(36,13-15-33)18-22-6-2-1-3-7-22/h1-11,17,26,36H,12-16,18-21H2. The number of hydrogen-bond acceptors (Lipinski definition) is 5. The highest BCUT2D eigenvalue weighted by Crippen LogP contribution is 2.33. The predicted molar refractivity (Wildman–Crippen MR) is 155 cm³/mol. The molecule has 7 nitrogen and oxygen atoms in total. The molecule has 10 heteroatoms. The van der Waals surface area contributed by atoms with Crippen LogP contribution in [0.25, 0.3) is 0 Å². The molecular formula is C30H32Cl2N2O5S. The van der Waals surface area contributed by atoms with Crippen molar-refractivity contribution in [1.29, 1.82) is 0 Å². The number of halogens is 2. The Bertz CT molecular complexity index is 1460. The van der Waals surface area contributed by atoms with Gasteiger partial charge in [-0.15, -0.1) is 0 Å². The van der Waals surface area contributed by atoms with E-state index in [0.29, 0.717) is 43.8 Å². The SMILES string of the molecule is O=C(COCC1Cc2ccccc2CN1S(=O)(=O)c1ccc(Cl)cc1Cl)N1CCC(O)(Cc2ccccc2)CC1. The van der Waals surface area contributed by atoms with E-state index in [1.54, 1.807) is 4.90 Å². The Balaban J connectivity index is 1.22. The van der Waals surface area contributed by atoms with E-state index < -0.39 is 21.7 Å². The van der Waals surface area contributed by atoms with Gasteiger partial charge in [0.2, 0.25) is 15.9 Å². The number of benzene rings is 3. The van der Waals surface area contributed by atoms with Gasteiger partial charge in [0.25, 0.3) is 0 Å². The van der Waals surface area contributed by atoms with Crippen molar-refractivity contribution in [2.45, 2.75) is 48.8 Å². The summed E-state index contributed by atoms with van der Waals surface area (Å²) in [7, 11) is -3.97. The summed E-state index contributed by atoms with van der Waals surface area (Å²) in [6.07, 6.45) is 1.98. The zero-order valence-electron chi connectivity index (χ0n) is 22.0. The van der Waals surface area contributed by atoms with Crippen LogP contribution in [0.2, 0.25) is 10.0 Å². The van der Waals surface area contributed by atoms with E-state index in [9.17, 15) is 18.3 Å². The molecule has 1 fully saturated rings. The fourth-order valence-electron chi connectivity index (χ4n) is 5.50. The molecule has 40 heavy (non-hydrogen) atoms. The molecule has 5 rings (SSSR count). The molecule has 1 atom stereocenters. The molecule has 3 aromatic carbocycles. The lowest BCUT2D eigenvalue weighted by Crippen LogP contribution is -2.49. The van der Waals surface area contributed by atoms with Crippen LogP contribution < -0.4 is 0 Å². The number of piperidine rings is 1. The van der Waals surface area contributed by atoms with E-state index in [-0.39, 0.29) is 35.6 Å². The van der Waals surface area contributed by atoms with Crippen LogP contribution >= 0.6 is 23.2 Å². The number of carbonyl (C=O) groups is 1. The van der Waals surface area contributed by atoms with Gasteiger partial charge in [0, 0.05) is 31.1 Å². The Labute approximate surface area is 245 Å². The minimum absolute atomic E-state index is 0.0182. The highest BCUT2D eigenvalue weighted by Gasteiger charge is 2.38. The lowest BCUT2D eigenvalue weighted by molar-refractivity contribution is -0.140. The van der Waals surface area contributed by atoms with Crippen molar-refractivity contribution in [1.82, 2.24) is 9.21 Å². The lowest BCUT2D eigenvalue weighted by Gasteiger charge is -2.38. The van der Waals surface area contributed by atoms with Crippen molar-refractivity contribution in [3.8, 4) is 0 Å². The zero-order chi connectivity index (χ0) is 28.3. The first-order chi connectivity index (χ1) is 19.1. The van der Waals surface area contributed by atoms with Gasteiger partial charge in [-0.05, 0) is 54.2 Å². The van der Waals surface area contributed by atoms with Gasteiger partial charge in [-0.2, -0.15) is 4.31 Å². The van der Waals surface area contributed by atoms with Crippen LogP contribution in [-0.4, -0.2) is 66.6 Å². The van der Waals surface area contributed by atoms with E-state index in [4.69, 9.17) is 27.9 Å². The number of likely N-dealkylation sites (tertiary alicyclic amines) is 1. The van der Waals surface area contributed by atoms with Crippen LogP contribution in [0.5, 0.6) is 0 Å². The maximum absolute atomic E-state index is 13.7. The van der Waals surface area contributed by atoms with Crippen LogP contribution in [0.3, 0.4) is 0 Å². The Morgan fingerprint density at radius 3 is 2.35 bits per heavy atom. The van der Waals surface area contributed by atoms with Gasteiger partial charge < -0.3 is 14.7 Å². The number of sulfonamides is 1. The first kappa shape index (κ1) is 29.0. The number of amides is 1. The third-order valence-electron chi connectivity index (χ3n) is 7.75. The molecular weight excluding hydrogens is 571 g/mol. The van der Waals surface area contributed by atoms with Crippen molar-refractivity contribution in [3.05, 3.63) is 99.5 Å². The highest BCUT2D eigenvalue weighted by atomic mass is 35.5. The predicted octanol–water partition coefficient (Wildman–Crippen LogP) is 4.72. The lowest BCUT2D eigenvalue weighted by atomic mass is 9.85. The van der Waals surface area contributed by atoms with Crippen LogP contribution in [0.4, 0.5) is 0 Å². The van der Waals surface area contributed by atoms with Gasteiger partial charge in [0.1, 0.15) is 11.5 Å². The summed E-state index contributed by atoms with van der Waals surface area (Å²) < 4.78 is 34.7. The number of hydrogen-bond donors (Lipinski definition) is 1. The Morgan fingerprint density at radius 1 is 0.975 bits per heavy atom. The van der Waals surface area contributed by atoms with Gasteiger partial charge in [-0.3, -0.25) is 4.79 Å². The number of fused-ring (bicyclic) bond motifs is 1. The summed E-state index contributed by atoms with van der Waals surface area (Å²) in [6, 6.07) is 21.4. The van der Waals surface area contributed by atoms with Gasteiger partial charge in [0.05, 0.1) is 23.3 Å². The van der Waals surface area contributed by atoms with Crippen LogP contribution in [0.15, 0.2) is 77.7 Å². The van der Waals surface area contributed by atoms with Crippen molar-refractivity contribution >= 4 is 39.1 Å². The zero-order valence-corrected chi connectivity index (χ0v) is 24.3. The number of ether oxygens (including phenoxy) is 1. The number of rotatable bonds is 8. The fraction of sp³-hybridized carbons (Fsp3) is 0.367. The van der Waals surface area contributed by atoms with Crippen LogP contribution in [0.1, 0.15) is 29.5 Å². The van der Waals surface area contributed by atoms with Gasteiger partial charge in [-0.25, -0.2) is 8.42 Å². The average molecular weight is 604 g/mol. The number of nitrogens with zero attached hydrogens (tertiary/aromatic N) is 2. The maximum Gasteiger partial charge on any atom is 0.248 e. The van der Waals surface area contributed by atoms with Gasteiger partial charge in [0.15, 0.2) is 0 Å². The second-order valence-corrected chi connectivity index (χ2v) is 13.2. The molecule has 0 aliphatic carbocycles. The van der Waals surface area contributed by atoms with E-state index in [0.717, 1.165) is 16.7 Å². The molecule has 0 radical (unpaired) electrons. The molecule has 0 saturated carbocycles. The van der Waals surface area contributed by atoms with Crippen LogP contribution in [-0.2, 0) is 38.9 Å². The smallest absolute Gasteiger partial charge is 0.248 e. The molecule has 0 aromatic heterocycles. The molecule has 1 N–H and O–H groups in total. The molecule has 212 valence electrons. The Kier molecular flexibility index (Phi) is 8.85. The molecule has 1 saturated heterocycles. The minimum Gasteiger partial charge on any atom is -0.389 e. The fourth-order valence-corrected chi connectivity index (χ4v) is 7.83. The Morgan fingerprint density at radius 2 is 1.65 bits per heavy atom. The molecule has 2 aliphatic heterocycles. The third-order valence-corrected chi connectivity index (χ3v) is 10.4. The molecule has 2 heterocycles. The monoisotopic (exact) mass is 602 g/mol. The second-order valence-electron chi connectivity index (χ2n) is 10.5. The summed E-state index contributed by atoms with van der Waals surface area (Å²) in [5.41, 5.74) is 2.19. The normalized spacial score (nSPS) is 19.3. The summed E-state index contributed by atoms with van der Waals surface area (Å²) in [5.74, 6) is -0.173. The first-order valence-corrected chi connectivity index (χ1v) is 15.5. The molecule has 0 spiro atoms. The number of aliphatic hydroxyl groups is 1. The molecule has 1 amide bonds. The minimum atomic E-state index is -3.97. The quantitative estimate of drug-likeness (QED) is 0.403. The average Bonchev–Trinajstić information content (AvgIpc) is 2.93. The molecule has 3 aromatic rings. The Hall–Kier alpha value is -2.46. The largest absolute Gasteiger partial charge is 0.389 e. The summed E-state index contributed by atoms with van der Waals surface area (Å²) >= 11 is 12.3. The van der Waals surface area contributed by atoms with E-state index in [1.165, 1.54) is 22.5 Å². The summed E-state index contributed by atoms with van der Waals surface area (Å²) in [6.45, 7) is 0.947. The van der Waals surface area contributed by atoms with E-state index in [2.05, 4.69) is 0 Å². The topological polar surface area (TPSA) is 87.2 Å². The maximum atomic E-state index is 13.7. The highest BCUT2D eigenvalue weighted by molar-refractivity contribution is 7.89. The van der Waals surface area contributed by atoms with Gasteiger partial charge >= 0.3 is 0 Å². The summed E-state index contributed by atoms with van der Waals surface area (Å²) in [4.78, 5) is 14.6. The van der Waals surface area contributed by atoms with E-state index in [1.807, 2.05) is 54.6 Å². The molecule has 1 unspecified atom stereocenters. The first-order valence-electron chi connectivity index (χ1n) is 13.3. The van der Waals surface area contributed by atoms with Crippen molar-refractivity contribution in [2.75, 3.05) is 26.3 Å². The molecule has 2 aliphatic rings. The van der Waals surface area contributed by atoms with E-state index >= 15 is 0 Å².